The van der Waals surface area contributed by atoms with Crippen molar-refractivity contribution in [2.45, 2.75) is 11.2 Å². The summed E-state index contributed by atoms with van der Waals surface area (Å²) in [5.74, 6) is -0.215. The molecule has 128 valence electrons. The van der Waals surface area contributed by atoms with Gasteiger partial charge in [0.05, 0.1) is 27.1 Å². The second kappa shape index (κ2) is 7.76. The molecule has 1 amide bonds. The molecule has 0 aliphatic carbocycles. The van der Waals surface area contributed by atoms with E-state index in [-0.39, 0.29) is 11.7 Å². The van der Waals surface area contributed by atoms with Crippen LogP contribution in [0.4, 0.5) is 18.9 Å². The van der Waals surface area contributed by atoms with Crippen LogP contribution in [-0.2, 0) is 11.0 Å². The Hall–Kier alpha value is -1.25. The van der Waals surface area contributed by atoms with E-state index in [1.807, 2.05) is 0 Å². The Bertz CT molecular complexity index is 740. The Labute approximate surface area is 154 Å². The van der Waals surface area contributed by atoms with E-state index in [4.69, 9.17) is 11.6 Å². The van der Waals surface area contributed by atoms with Crippen LogP contribution in [0.1, 0.15) is 5.56 Å². The lowest BCUT2D eigenvalue weighted by Crippen LogP contribution is -2.28. The minimum absolute atomic E-state index is 0.0290. The summed E-state index contributed by atoms with van der Waals surface area (Å²) >= 11 is 10.4. The number of halogens is 5. The largest absolute Gasteiger partial charge is 0.417 e. The normalized spacial score (nSPS) is 11.4. The summed E-state index contributed by atoms with van der Waals surface area (Å²) in [6.45, 7) is 0. The van der Waals surface area contributed by atoms with Gasteiger partial charge in [-0.2, -0.15) is 13.2 Å². The maximum absolute atomic E-state index is 12.5. The van der Waals surface area contributed by atoms with Crippen LogP contribution in [0, 0.1) is 0 Å². The highest BCUT2D eigenvalue weighted by atomic mass is 79.9. The highest BCUT2D eigenvalue weighted by Gasteiger charge is 2.30. The van der Waals surface area contributed by atoms with E-state index in [0.29, 0.717) is 15.7 Å². The molecule has 0 fully saturated rings. The molecule has 0 unspecified atom stereocenters. The van der Waals surface area contributed by atoms with Gasteiger partial charge in [0.2, 0.25) is 5.91 Å². The van der Waals surface area contributed by atoms with Crippen molar-refractivity contribution >= 4 is 50.9 Å². The number of nitrogens with zero attached hydrogens (tertiary/aromatic N) is 2. The minimum Gasteiger partial charge on any atom is -0.313 e. The summed E-state index contributed by atoms with van der Waals surface area (Å²) in [4.78, 5) is 17.3. The van der Waals surface area contributed by atoms with Crippen molar-refractivity contribution < 1.29 is 18.0 Å². The molecule has 0 saturated heterocycles. The van der Waals surface area contributed by atoms with Crippen LogP contribution >= 0.6 is 39.3 Å². The van der Waals surface area contributed by atoms with Gasteiger partial charge in [0, 0.05) is 17.7 Å². The van der Waals surface area contributed by atoms with E-state index in [1.165, 1.54) is 11.0 Å². The predicted octanol–water partition coefficient (Wildman–Crippen LogP) is 5.27. The van der Waals surface area contributed by atoms with E-state index in [2.05, 4.69) is 20.9 Å². The predicted molar refractivity (Wildman–Crippen MR) is 92.5 cm³/mol. The molecule has 0 bridgehead atoms. The van der Waals surface area contributed by atoms with Crippen molar-refractivity contribution in [1.29, 1.82) is 0 Å². The fraction of sp³-hybridized carbons (Fsp3) is 0.200. The van der Waals surface area contributed by atoms with Crippen LogP contribution in [0.25, 0.3) is 0 Å². The van der Waals surface area contributed by atoms with E-state index in [1.54, 1.807) is 25.2 Å². The highest BCUT2D eigenvalue weighted by Crippen LogP contribution is 2.31. The lowest BCUT2D eigenvalue weighted by atomic mass is 10.3. The van der Waals surface area contributed by atoms with E-state index in [0.717, 1.165) is 28.5 Å². The number of pyridine rings is 1. The SMILES string of the molecule is CN(C(=O)CSc1ccc(C(F)(F)F)cn1)c1ccc(Br)cc1Cl. The molecule has 0 radical (unpaired) electrons. The Balaban J connectivity index is 1.99. The third kappa shape index (κ3) is 4.87. The number of thioether (sulfide) groups is 1. The molecule has 1 aromatic heterocycles. The van der Waals surface area contributed by atoms with Gasteiger partial charge in [-0.15, -0.1) is 0 Å². The van der Waals surface area contributed by atoms with Crippen LogP contribution < -0.4 is 4.90 Å². The monoisotopic (exact) mass is 438 g/mol. The summed E-state index contributed by atoms with van der Waals surface area (Å²) < 4.78 is 38.2. The molecule has 0 N–H and O–H groups in total. The van der Waals surface area contributed by atoms with Crippen LogP contribution in [0.2, 0.25) is 5.02 Å². The van der Waals surface area contributed by atoms with E-state index < -0.39 is 11.7 Å². The molecule has 2 aromatic rings. The molecule has 0 aliphatic heterocycles. The average Bonchev–Trinajstić information content (AvgIpc) is 2.51. The number of carbonyl (C=O) groups excluding carboxylic acids is 1. The van der Waals surface area contributed by atoms with Gasteiger partial charge in [0.1, 0.15) is 0 Å². The Morgan fingerprint density at radius 3 is 2.58 bits per heavy atom. The molecule has 0 atom stereocenters. The number of carbonyl (C=O) groups is 1. The molecule has 2 rings (SSSR count). The van der Waals surface area contributed by atoms with Gasteiger partial charge in [-0.25, -0.2) is 4.98 Å². The van der Waals surface area contributed by atoms with Crippen molar-refractivity contribution in [1.82, 2.24) is 4.98 Å². The molecule has 1 heterocycles. The van der Waals surface area contributed by atoms with Crippen LogP contribution in [0.15, 0.2) is 46.0 Å². The summed E-state index contributed by atoms with van der Waals surface area (Å²) in [7, 11) is 1.58. The zero-order valence-corrected chi connectivity index (χ0v) is 15.4. The standard InChI is InChI=1S/C15H11BrClF3N2OS/c1-22(12-4-3-10(16)6-11(12)17)14(23)8-24-13-5-2-9(7-21-13)15(18,19)20/h2-7H,8H2,1H3. The van der Waals surface area contributed by atoms with Crippen molar-refractivity contribution in [3.8, 4) is 0 Å². The molecule has 1 aromatic carbocycles. The van der Waals surface area contributed by atoms with Crippen LogP contribution in [0.5, 0.6) is 0 Å². The van der Waals surface area contributed by atoms with Crippen molar-refractivity contribution in [2.24, 2.45) is 0 Å². The van der Waals surface area contributed by atoms with Crippen molar-refractivity contribution in [2.75, 3.05) is 17.7 Å². The number of aromatic nitrogens is 1. The van der Waals surface area contributed by atoms with E-state index in [9.17, 15) is 18.0 Å². The molecular weight excluding hydrogens is 429 g/mol. The minimum atomic E-state index is -4.43. The summed E-state index contributed by atoms with van der Waals surface area (Å²) in [5, 5.41) is 0.754. The summed E-state index contributed by atoms with van der Waals surface area (Å²) in [6, 6.07) is 7.31. The maximum Gasteiger partial charge on any atom is 0.417 e. The molecule has 0 spiro atoms. The number of anilines is 1. The summed E-state index contributed by atoms with van der Waals surface area (Å²) in [6.07, 6.45) is -3.67. The highest BCUT2D eigenvalue weighted by molar-refractivity contribution is 9.10. The van der Waals surface area contributed by atoms with Crippen LogP contribution in [0.3, 0.4) is 0 Å². The Morgan fingerprint density at radius 1 is 1.33 bits per heavy atom. The quantitative estimate of drug-likeness (QED) is 0.608. The third-order valence-electron chi connectivity index (χ3n) is 3.05. The molecule has 0 aliphatic rings. The van der Waals surface area contributed by atoms with Gasteiger partial charge < -0.3 is 4.90 Å². The molecule has 24 heavy (non-hydrogen) atoms. The number of amides is 1. The van der Waals surface area contributed by atoms with Crippen molar-refractivity contribution in [3.63, 3.8) is 0 Å². The average molecular weight is 440 g/mol. The molecule has 9 heteroatoms. The smallest absolute Gasteiger partial charge is 0.313 e. The second-order valence-electron chi connectivity index (χ2n) is 4.72. The van der Waals surface area contributed by atoms with Gasteiger partial charge in [-0.3, -0.25) is 4.79 Å². The van der Waals surface area contributed by atoms with Gasteiger partial charge in [-0.05, 0) is 30.3 Å². The van der Waals surface area contributed by atoms with Crippen LogP contribution in [-0.4, -0.2) is 23.7 Å². The number of alkyl halides is 3. The second-order valence-corrected chi connectivity index (χ2v) is 7.04. The number of rotatable bonds is 4. The van der Waals surface area contributed by atoms with Gasteiger partial charge in [-0.1, -0.05) is 39.3 Å². The zero-order valence-electron chi connectivity index (χ0n) is 12.3. The zero-order chi connectivity index (χ0) is 17.9. The Morgan fingerprint density at radius 2 is 2.04 bits per heavy atom. The number of hydrogen-bond acceptors (Lipinski definition) is 3. The van der Waals surface area contributed by atoms with Gasteiger partial charge in [0.15, 0.2) is 0 Å². The number of hydrogen-bond donors (Lipinski definition) is 0. The lowest BCUT2D eigenvalue weighted by molar-refractivity contribution is -0.137. The first kappa shape index (κ1) is 19.1. The van der Waals surface area contributed by atoms with Gasteiger partial charge >= 0.3 is 6.18 Å². The third-order valence-corrected chi connectivity index (χ3v) is 4.78. The first-order valence-electron chi connectivity index (χ1n) is 6.56. The fourth-order valence-electron chi connectivity index (χ4n) is 1.75. The first-order chi connectivity index (χ1) is 11.2. The van der Waals surface area contributed by atoms with Gasteiger partial charge in [0.25, 0.3) is 0 Å². The molecule has 3 nitrogen and oxygen atoms in total. The van der Waals surface area contributed by atoms with E-state index >= 15 is 0 Å². The maximum atomic E-state index is 12.5. The molecular formula is C15H11BrClF3N2OS. The lowest BCUT2D eigenvalue weighted by Gasteiger charge is -2.18. The molecule has 0 saturated carbocycles. The topological polar surface area (TPSA) is 33.2 Å². The summed E-state index contributed by atoms with van der Waals surface area (Å²) in [5.41, 5.74) is -0.275. The fourth-order valence-corrected chi connectivity index (χ4v) is 3.31. The Kier molecular flexibility index (Phi) is 6.17. The van der Waals surface area contributed by atoms with Crippen molar-refractivity contribution in [3.05, 3.63) is 51.6 Å². The first-order valence-corrected chi connectivity index (χ1v) is 8.72. The number of benzene rings is 1.